The summed E-state index contributed by atoms with van der Waals surface area (Å²) in [6, 6.07) is 11.2. The second-order valence-electron chi connectivity index (χ2n) is 4.85. The number of hydrazine groups is 1. The molecular weight excluding hydrogens is 274 g/mol. The summed E-state index contributed by atoms with van der Waals surface area (Å²) in [6.07, 6.45) is 0.537. The number of hydrogen-bond donors (Lipinski definition) is 2. The van der Waals surface area contributed by atoms with Gasteiger partial charge in [-0.25, -0.2) is 8.78 Å². The van der Waals surface area contributed by atoms with Gasteiger partial charge in [0.05, 0.1) is 6.61 Å². The molecule has 3 N–H and O–H groups in total. The van der Waals surface area contributed by atoms with E-state index >= 15 is 0 Å². The third-order valence-electron chi connectivity index (χ3n) is 3.21. The molecule has 0 radical (unpaired) electrons. The molecule has 21 heavy (non-hydrogen) atoms. The van der Waals surface area contributed by atoms with Crippen LogP contribution in [0.25, 0.3) is 0 Å². The fourth-order valence-corrected chi connectivity index (χ4v) is 2.08. The van der Waals surface area contributed by atoms with E-state index in [1.54, 1.807) is 0 Å². The number of halogens is 2. The van der Waals surface area contributed by atoms with E-state index in [2.05, 4.69) is 5.43 Å². The number of nitrogens with two attached hydrogens (primary N) is 1. The van der Waals surface area contributed by atoms with Crippen LogP contribution >= 0.6 is 0 Å². The fourth-order valence-electron chi connectivity index (χ4n) is 2.08. The van der Waals surface area contributed by atoms with Crippen molar-refractivity contribution in [1.29, 1.82) is 0 Å². The first-order chi connectivity index (χ1) is 10.1. The van der Waals surface area contributed by atoms with Crippen LogP contribution < -0.4 is 16.0 Å². The average Bonchev–Trinajstić information content (AvgIpc) is 2.47. The van der Waals surface area contributed by atoms with Crippen LogP contribution in [0.1, 0.15) is 23.6 Å². The molecule has 0 aliphatic carbocycles. The van der Waals surface area contributed by atoms with Crippen LogP contribution in [0.15, 0.2) is 42.5 Å². The summed E-state index contributed by atoms with van der Waals surface area (Å²) in [7, 11) is 0. The van der Waals surface area contributed by atoms with Gasteiger partial charge < -0.3 is 4.74 Å². The van der Waals surface area contributed by atoms with Crippen LogP contribution in [0, 0.1) is 18.6 Å². The maximum absolute atomic E-state index is 13.2. The van der Waals surface area contributed by atoms with Gasteiger partial charge in [-0.3, -0.25) is 11.3 Å². The van der Waals surface area contributed by atoms with E-state index in [-0.39, 0.29) is 6.04 Å². The molecule has 1 unspecified atom stereocenters. The topological polar surface area (TPSA) is 47.3 Å². The van der Waals surface area contributed by atoms with Crippen molar-refractivity contribution in [1.82, 2.24) is 5.43 Å². The summed E-state index contributed by atoms with van der Waals surface area (Å²) < 4.78 is 31.8. The fraction of sp³-hybridized carbons (Fsp3) is 0.250. The first kappa shape index (κ1) is 15.4. The monoisotopic (exact) mass is 292 g/mol. The molecule has 5 heteroatoms. The minimum Gasteiger partial charge on any atom is -0.494 e. The Hall–Kier alpha value is -1.98. The summed E-state index contributed by atoms with van der Waals surface area (Å²) >= 11 is 0. The van der Waals surface area contributed by atoms with Gasteiger partial charge >= 0.3 is 0 Å². The first-order valence-electron chi connectivity index (χ1n) is 6.70. The number of aryl methyl sites for hydroxylation is 1. The number of benzene rings is 2. The Kier molecular flexibility index (Phi) is 5.25. The Bertz CT molecular complexity index is 605. The molecule has 2 rings (SSSR count). The highest BCUT2D eigenvalue weighted by atomic mass is 19.2. The molecule has 0 amide bonds. The van der Waals surface area contributed by atoms with Crippen LogP contribution in [0.4, 0.5) is 8.78 Å². The van der Waals surface area contributed by atoms with E-state index in [4.69, 9.17) is 10.6 Å². The normalized spacial score (nSPS) is 12.2. The smallest absolute Gasteiger partial charge is 0.159 e. The summed E-state index contributed by atoms with van der Waals surface area (Å²) in [5.41, 5.74) is 4.29. The van der Waals surface area contributed by atoms with E-state index in [0.717, 1.165) is 23.4 Å². The van der Waals surface area contributed by atoms with Gasteiger partial charge in [0.1, 0.15) is 5.75 Å². The SMILES string of the molecule is Cc1cccc(OCCC(NN)c2ccc(F)c(F)c2)c1. The highest BCUT2D eigenvalue weighted by molar-refractivity contribution is 5.27. The highest BCUT2D eigenvalue weighted by Gasteiger charge is 2.12. The predicted molar refractivity (Wildman–Crippen MR) is 77.7 cm³/mol. The minimum absolute atomic E-state index is 0.301. The summed E-state index contributed by atoms with van der Waals surface area (Å²) in [4.78, 5) is 0. The molecule has 0 aromatic heterocycles. The molecule has 0 heterocycles. The number of nitrogens with one attached hydrogen (secondary N) is 1. The predicted octanol–water partition coefficient (Wildman–Crippen LogP) is 3.25. The van der Waals surface area contributed by atoms with Gasteiger partial charge in [-0.15, -0.1) is 0 Å². The van der Waals surface area contributed by atoms with Gasteiger partial charge in [0, 0.05) is 12.5 Å². The van der Waals surface area contributed by atoms with Crippen LogP contribution in [0.2, 0.25) is 0 Å². The van der Waals surface area contributed by atoms with E-state index in [1.807, 2.05) is 31.2 Å². The highest BCUT2D eigenvalue weighted by Crippen LogP contribution is 2.20. The standard InChI is InChI=1S/C16H18F2N2O/c1-11-3-2-4-13(9-11)21-8-7-16(20-19)12-5-6-14(17)15(18)10-12/h2-6,9-10,16,20H,7-8,19H2,1H3. The Morgan fingerprint density at radius 2 is 1.95 bits per heavy atom. The maximum Gasteiger partial charge on any atom is 0.159 e. The second kappa shape index (κ2) is 7.15. The van der Waals surface area contributed by atoms with Gasteiger partial charge in [0.2, 0.25) is 0 Å². The van der Waals surface area contributed by atoms with Crippen LogP contribution in [-0.4, -0.2) is 6.61 Å². The molecule has 3 nitrogen and oxygen atoms in total. The quantitative estimate of drug-likeness (QED) is 0.634. The molecule has 2 aromatic carbocycles. The summed E-state index contributed by atoms with van der Waals surface area (Å²) in [5.74, 6) is 4.50. The molecule has 0 fully saturated rings. The Labute approximate surface area is 122 Å². The molecular formula is C16H18F2N2O. The molecule has 0 aliphatic heterocycles. The molecule has 1 atom stereocenters. The van der Waals surface area contributed by atoms with Gasteiger partial charge in [0.15, 0.2) is 11.6 Å². The van der Waals surface area contributed by atoms with Gasteiger partial charge in [-0.05, 0) is 42.3 Å². The summed E-state index contributed by atoms with van der Waals surface area (Å²) in [5, 5.41) is 0. The van der Waals surface area contributed by atoms with E-state index in [0.29, 0.717) is 18.6 Å². The Morgan fingerprint density at radius 1 is 1.14 bits per heavy atom. The first-order valence-corrected chi connectivity index (χ1v) is 6.70. The molecule has 0 saturated heterocycles. The van der Waals surface area contributed by atoms with Crippen molar-refractivity contribution in [2.75, 3.05) is 6.61 Å². The average molecular weight is 292 g/mol. The van der Waals surface area contributed by atoms with Gasteiger partial charge in [-0.1, -0.05) is 18.2 Å². The molecule has 112 valence electrons. The molecule has 0 spiro atoms. The van der Waals surface area contributed by atoms with E-state index < -0.39 is 11.6 Å². The zero-order valence-corrected chi connectivity index (χ0v) is 11.8. The Balaban J connectivity index is 1.94. The minimum atomic E-state index is -0.882. The van der Waals surface area contributed by atoms with Crippen molar-refractivity contribution in [2.45, 2.75) is 19.4 Å². The number of hydrogen-bond acceptors (Lipinski definition) is 3. The van der Waals surface area contributed by atoms with Crippen LogP contribution in [-0.2, 0) is 0 Å². The van der Waals surface area contributed by atoms with Crippen molar-refractivity contribution in [3.8, 4) is 5.75 Å². The van der Waals surface area contributed by atoms with Crippen LogP contribution in [0.3, 0.4) is 0 Å². The second-order valence-corrected chi connectivity index (χ2v) is 4.85. The lowest BCUT2D eigenvalue weighted by atomic mass is 10.0. The lowest BCUT2D eigenvalue weighted by Crippen LogP contribution is -2.29. The van der Waals surface area contributed by atoms with Crippen LogP contribution in [0.5, 0.6) is 5.75 Å². The largest absolute Gasteiger partial charge is 0.494 e. The van der Waals surface area contributed by atoms with Crippen molar-refractivity contribution in [3.63, 3.8) is 0 Å². The zero-order valence-electron chi connectivity index (χ0n) is 11.8. The Morgan fingerprint density at radius 3 is 2.62 bits per heavy atom. The third kappa shape index (κ3) is 4.24. The molecule has 0 bridgehead atoms. The van der Waals surface area contributed by atoms with Crippen molar-refractivity contribution in [3.05, 3.63) is 65.2 Å². The van der Waals surface area contributed by atoms with Gasteiger partial charge in [0.25, 0.3) is 0 Å². The zero-order chi connectivity index (χ0) is 15.2. The molecule has 0 saturated carbocycles. The maximum atomic E-state index is 13.2. The lowest BCUT2D eigenvalue weighted by Gasteiger charge is -2.17. The lowest BCUT2D eigenvalue weighted by molar-refractivity contribution is 0.286. The van der Waals surface area contributed by atoms with Crippen molar-refractivity contribution in [2.24, 2.45) is 5.84 Å². The third-order valence-corrected chi connectivity index (χ3v) is 3.21. The number of rotatable bonds is 6. The van der Waals surface area contributed by atoms with E-state index in [1.165, 1.54) is 6.07 Å². The number of ether oxygens (including phenoxy) is 1. The molecule has 2 aromatic rings. The van der Waals surface area contributed by atoms with Crippen molar-refractivity contribution < 1.29 is 13.5 Å². The van der Waals surface area contributed by atoms with Crippen molar-refractivity contribution >= 4 is 0 Å². The molecule has 0 aliphatic rings. The van der Waals surface area contributed by atoms with Gasteiger partial charge in [-0.2, -0.15) is 0 Å². The summed E-state index contributed by atoms with van der Waals surface area (Å²) in [6.45, 7) is 2.40. The van der Waals surface area contributed by atoms with E-state index in [9.17, 15) is 8.78 Å².